The number of ether oxygens (including phenoxy) is 1. The maximum atomic E-state index is 4.58. The van der Waals surface area contributed by atoms with E-state index in [0.29, 0.717) is 6.61 Å². The van der Waals surface area contributed by atoms with Crippen LogP contribution in [0.1, 0.15) is 0 Å². The normalized spacial score (nSPS) is 10.3. The molecule has 0 aliphatic heterocycles. The van der Waals surface area contributed by atoms with E-state index in [-0.39, 0.29) is 0 Å². The van der Waals surface area contributed by atoms with Crippen LogP contribution in [-0.4, -0.2) is 27.0 Å². The third kappa shape index (κ3) is 3.63. The molecule has 0 saturated carbocycles. The summed E-state index contributed by atoms with van der Waals surface area (Å²) in [4.78, 5) is 3.55. The predicted octanol–water partition coefficient (Wildman–Crippen LogP) is 0.210. The fourth-order valence-electron chi connectivity index (χ4n) is 0.129. The first-order valence-electron chi connectivity index (χ1n) is 1.72. The van der Waals surface area contributed by atoms with Gasteiger partial charge in [-0.25, -0.2) is 0 Å². The third-order valence-corrected chi connectivity index (χ3v) is 0.367. The molecule has 0 aromatic heterocycles. The van der Waals surface area contributed by atoms with Gasteiger partial charge in [-0.3, -0.25) is 4.99 Å². The van der Waals surface area contributed by atoms with E-state index in [1.54, 1.807) is 14.2 Å². The molecular weight excluding hydrogens is 78.0 g/mol. The lowest BCUT2D eigenvalue weighted by Gasteiger charge is -1.79. The van der Waals surface area contributed by atoms with Gasteiger partial charge < -0.3 is 4.74 Å². The minimum Gasteiger partial charge on any atom is -0.378 e. The van der Waals surface area contributed by atoms with Crippen molar-refractivity contribution in [1.82, 2.24) is 0 Å². The Morgan fingerprint density at radius 2 is 2.50 bits per heavy atom. The molecule has 0 aromatic carbocycles. The average molecular weight is 86.1 g/mol. The number of hydrogen-bond acceptors (Lipinski definition) is 2. The summed E-state index contributed by atoms with van der Waals surface area (Å²) in [5, 5.41) is 0. The Morgan fingerprint density at radius 1 is 1.83 bits per heavy atom. The summed E-state index contributed by atoms with van der Waals surface area (Å²) in [6.07, 6.45) is 2.60. The van der Waals surface area contributed by atoms with E-state index in [1.807, 2.05) is 0 Å². The van der Waals surface area contributed by atoms with E-state index in [9.17, 15) is 0 Å². The largest absolute Gasteiger partial charge is 0.378 e. The van der Waals surface area contributed by atoms with Crippen LogP contribution in [-0.2, 0) is 4.74 Å². The molecule has 35 valence electrons. The van der Waals surface area contributed by atoms with Gasteiger partial charge in [-0.15, -0.1) is 0 Å². The van der Waals surface area contributed by atoms with Gasteiger partial charge in [-0.2, -0.15) is 0 Å². The first kappa shape index (κ1) is 5.63. The van der Waals surface area contributed by atoms with E-state index >= 15 is 0 Å². The SMILES string of the molecule is C/N=[C]\COC. The number of methoxy groups -OCH3 is 1. The molecule has 0 amide bonds. The first-order chi connectivity index (χ1) is 2.91. The smallest absolute Gasteiger partial charge is 0.0898 e. The van der Waals surface area contributed by atoms with Crippen molar-refractivity contribution in [1.29, 1.82) is 0 Å². The zero-order chi connectivity index (χ0) is 4.83. The first-order valence-corrected chi connectivity index (χ1v) is 1.72. The number of aliphatic imine (C=N–C) groups is 1. The fraction of sp³-hybridized carbons (Fsp3) is 0.750. The van der Waals surface area contributed by atoms with Crippen molar-refractivity contribution in [3.05, 3.63) is 0 Å². The molecule has 0 fully saturated rings. The highest BCUT2D eigenvalue weighted by molar-refractivity contribution is 5.57. The Hall–Kier alpha value is -0.370. The summed E-state index contributed by atoms with van der Waals surface area (Å²) in [6.45, 7) is 0.497. The van der Waals surface area contributed by atoms with Crippen molar-refractivity contribution in [2.24, 2.45) is 4.99 Å². The van der Waals surface area contributed by atoms with Crippen LogP contribution in [0.5, 0.6) is 0 Å². The topological polar surface area (TPSA) is 21.6 Å². The van der Waals surface area contributed by atoms with Gasteiger partial charge >= 0.3 is 0 Å². The zero-order valence-electron chi connectivity index (χ0n) is 4.06. The van der Waals surface area contributed by atoms with E-state index < -0.39 is 0 Å². The summed E-state index contributed by atoms with van der Waals surface area (Å²) in [6, 6.07) is 0. The monoisotopic (exact) mass is 86.1 g/mol. The van der Waals surface area contributed by atoms with Gasteiger partial charge in [0.25, 0.3) is 0 Å². The fourth-order valence-corrected chi connectivity index (χ4v) is 0.129. The van der Waals surface area contributed by atoms with Crippen LogP contribution < -0.4 is 0 Å². The molecule has 0 aliphatic rings. The van der Waals surface area contributed by atoms with Crippen LogP contribution in [0.4, 0.5) is 0 Å². The van der Waals surface area contributed by atoms with Gasteiger partial charge in [0, 0.05) is 14.2 Å². The highest BCUT2D eigenvalue weighted by Crippen LogP contribution is 1.56. The van der Waals surface area contributed by atoms with E-state index in [0.717, 1.165) is 0 Å². The molecule has 0 aliphatic carbocycles. The Bertz CT molecular complexity index is 42.8. The Morgan fingerprint density at radius 3 is 2.67 bits per heavy atom. The second-order valence-electron chi connectivity index (χ2n) is 0.815. The minimum absolute atomic E-state index is 0.497. The molecule has 0 unspecified atom stereocenters. The lowest BCUT2D eigenvalue weighted by molar-refractivity contribution is 0.248. The van der Waals surface area contributed by atoms with E-state index in [1.165, 1.54) is 0 Å². The maximum absolute atomic E-state index is 4.58. The second-order valence-corrected chi connectivity index (χ2v) is 0.815. The second kappa shape index (κ2) is 4.63. The lowest BCUT2D eigenvalue weighted by atomic mass is 10.8. The van der Waals surface area contributed by atoms with Gasteiger partial charge in [0.1, 0.15) is 0 Å². The molecule has 6 heavy (non-hydrogen) atoms. The lowest BCUT2D eigenvalue weighted by Crippen LogP contribution is -1.86. The van der Waals surface area contributed by atoms with Crippen LogP contribution in [0.3, 0.4) is 0 Å². The van der Waals surface area contributed by atoms with Gasteiger partial charge in [0.2, 0.25) is 0 Å². The van der Waals surface area contributed by atoms with Crippen LogP contribution in [0, 0.1) is 0 Å². The number of rotatable bonds is 2. The van der Waals surface area contributed by atoms with Crippen molar-refractivity contribution in [2.75, 3.05) is 20.8 Å². The highest BCUT2D eigenvalue weighted by atomic mass is 16.5. The van der Waals surface area contributed by atoms with E-state index in [4.69, 9.17) is 0 Å². The quantitative estimate of drug-likeness (QED) is 0.440. The zero-order valence-corrected chi connectivity index (χ0v) is 4.06. The number of hydrogen-bond donors (Lipinski definition) is 0. The molecule has 0 N–H and O–H groups in total. The summed E-state index contributed by atoms with van der Waals surface area (Å²) in [5.41, 5.74) is 0. The van der Waals surface area contributed by atoms with Crippen molar-refractivity contribution in [3.8, 4) is 0 Å². The average Bonchev–Trinajstić information content (AvgIpc) is 1.61. The Balaban J connectivity index is 2.66. The Labute approximate surface area is 37.8 Å². The van der Waals surface area contributed by atoms with Crippen LogP contribution in [0.15, 0.2) is 4.99 Å². The minimum atomic E-state index is 0.497. The number of nitrogens with zero attached hydrogens (tertiary/aromatic N) is 1. The molecule has 0 atom stereocenters. The van der Waals surface area contributed by atoms with Crippen molar-refractivity contribution >= 4 is 6.21 Å². The van der Waals surface area contributed by atoms with Gasteiger partial charge in [-0.05, 0) is 0 Å². The summed E-state index contributed by atoms with van der Waals surface area (Å²) < 4.78 is 4.58. The summed E-state index contributed by atoms with van der Waals surface area (Å²) >= 11 is 0. The molecule has 0 aromatic rings. The Kier molecular flexibility index (Phi) is 4.34. The summed E-state index contributed by atoms with van der Waals surface area (Å²) in [7, 11) is 3.28. The van der Waals surface area contributed by atoms with Gasteiger partial charge in [0.15, 0.2) is 0 Å². The maximum Gasteiger partial charge on any atom is 0.0898 e. The molecule has 2 nitrogen and oxygen atoms in total. The molecule has 0 rings (SSSR count). The van der Waals surface area contributed by atoms with Crippen molar-refractivity contribution in [3.63, 3.8) is 0 Å². The van der Waals surface area contributed by atoms with Crippen LogP contribution in [0.25, 0.3) is 0 Å². The van der Waals surface area contributed by atoms with Crippen LogP contribution >= 0.6 is 0 Å². The molecule has 0 saturated heterocycles. The molecule has 0 spiro atoms. The van der Waals surface area contributed by atoms with Crippen molar-refractivity contribution < 1.29 is 4.74 Å². The molecule has 0 bridgehead atoms. The third-order valence-electron chi connectivity index (χ3n) is 0.367. The standard InChI is InChI=1S/C4H8NO/c1-5-3-4-6-2/h4H2,1-2H3. The van der Waals surface area contributed by atoms with Gasteiger partial charge in [-0.1, -0.05) is 0 Å². The molecule has 0 heterocycles. The molecule has 1 radical (unpaired) electrons. The predicted molar refractivity (Wildman–Crippen MR) is 25.2 cm³/mol. The van der Waals surface area contributed by atoms with Crippen molar-refractivity contribution in [2.45, 2.75) is 0 Å². The van der Waals surface area contributed by atoms with Crippen LogP contribution in [0.2, 0.25) is 0 Å². The van der Waals surface area contributed by atoms with E-state index in [2.05, 4.69) is 15.9 Å². The summed E-state index contributed by atoms with van der Waals surface area (Å²) in [5.74, 6) is 0. The molecular formula is C4H8NO. The molecule has 2 heteroatoms. The van der Waals surface area contributed by atoms with Gasteiger partial charge in [0.05, 0.1) is 12.8 Å². The highest BCUT2D eigenvalue weighted by Gasteiger charge is 1.65.